The molecule has 1 aliphatic rings. The first-order valence-corrected chi connectivity index (χ1v) is 17.7. The van der Waals surface area contributed by atoms with Gasteiger partial charge in [-0.2, -0.15) is 0 Å². The number of amides is 6. The highest BCUT2D eigenvalue weighted by atomic mass is 16.5. The highest BCUT2D eigenvalue weighted by Crippen LogP contribution is 2.21. The van der Waals surface area contributed by atoms with Crippen molar-refractivity contribution in [3.8, 4) is 0 Å². The third-order valence-electron chi connectivity index (χ3n) is 8.83. The molecule has 17 nitrogen and oxygen atoms in total. The molecule has 0 aromatic carbocycles. The first-order valence-electron chi connectivity index (χ1n) is 17.7. The standard InChI is InChI=1S/C34H61N7O10/c1-9-20(6)29(34(50)51-8)40-33(49)26-11-10-12-41(26)16-27(44)22(13-18(2)3)37-31(47)24(15-28(35)45)39-30(46)23(14-19(4)5)38-32(48)25(17-42)36-21(7)43/h18-20,22-27,29,42,44H,9-17H2,1-8H3,(H2,35,45)(H,36,43)(H,37,47)(H,38,48)(H,39,46)(H,40,49)/t20-,22-,23-,24-,25-,26+,27-,29-/m0/s1. The fourth-order valence-corrected chi connectivity index (χ4v) is 5.96. The Kier molecular flexibility index (Phi) is 19.7. The van der Waals surface area contributed by atoms with Gasteiger partial charge in [0.1, 0.15) is 24.2 Å². The number of hydrogen-bond donors (Lipinski definition) is 8. The van der Waals surface area contributed by atoms with Gasteiger partial charge in [-0.25, -0.2) is 4.79 Å². The average molecular weight is 728 g/mol. The fraction of sp³-hybridized carbons (Fsp3) is 0.794. The monoisotopic (exact) mass is 727 g/mol. The number of rotatable bonds is 22. The minimum atomic E-state index is -1.46. The summed E-state index contributed by atoms with van der Waals surface area (Å²) in [6.45, 7) is 12.1. The summed E-state index contributed by atoms with van der Waals surface area (Å²) in [6, 6.07) is -6.29. The smallest absolute Gasteiger partial charge is 0.328 e. The Morgan fingerprint density at radius 1 is 0.843 bits per heavy atom. The number of ether oxygens (including phenoxy) is 1. The Balaban J connectivity index is 3.17. The first kappa shape index (κ1) is 45.2. The molecule has 292 valence electrons. The summed E-state index contributed by atoms with van der Waals surface area (Å²) in [4.78, 5) is 90.9. The van der Waals surface area contributed by atoms with Gasteiger partial charge < -0.3 is 47.3 Å². The van der Waals surface area contributed by atoms with Crippen molar-refractivity contribution in [2.75, 3.05) is 26.8 Å². The molecule has 1 rings (SSSR count). The molecule has 0 spiro atoms. The SMILES string of the molecule is CC[C@H](C)[C@H](NC(=O)[C@H]1CCCN1C[C@H](O)[C@H](CC(C)C)NC(=O)[C@H](CC(N)=O)NC(=O)[C@H](CC(C)C)NC(=O)[C@H](CO)NC(C)=O)C(=O)OC. The van der Waals surface area contributed by atoms with Crippen LogP contribution in [-0.4, -0.2) is 126 Å². The maximum atomic E-state index is 13.6. The van der Waals surface area contributed by atoms with Crippen molar-refractivity contribution in [3.63, 3.8) is 0 Å². The summed E-state index contributed by atoms with van der Waals surface area (Å²) in [5.74, 6) is -5.06. The van der Waals surface area contributed by atoms with Crippen LogP contribution in [0.2, 0.25) is 0 Å². The van der Waals surface area contributed by atoms with Crippen molar-refractivity contribution in [3.05, 3.63) is 0 Å². The molecule has 1 heterocycles. The summed E-state index contributed by atoms with van der Waals surface area (Å²) in [5, 5.41) is 33.8. The van der Waals surface area contributed by atoms with Crippen LogP contribution in [0.1, 0.15) is 87.0 Å². The van der Waals surface area contributed by atoms with E-state index in [0.29, 0.717) is 32.2 Å². The molecule has 17 heteroatoms. The van der Waals surface area contributed by atoms with Crippen molar-refractivity contribution < 1.29 is 48.5 Å². The quantitative estimate of drug-likeness (QED) is 0.0592. The highest BCUT2D eigenvalue weighted by Gasteiger charge is 2.38. The molecule has 0 aromatic heterocycles. The number of carbonyl (C=O) groups is 7. The van der Waals surface area contributed by atoms with Crippen molar-refractivity contribution in [1.82, 2.24) is 31.5 Å². The molecule has 0 saturated carbocycles. The zero-order valence-electron chi connectivity index (χ0n) is 31.3. The first-order chi connectivity index (χ1) is 23.8. The lowest BCUT2D eigenvalue weighted by molar-refractivity contribution is -0.147. The van der Waals surface area contributed by atoms with Crippen LogP contribution in [0.15, 0.2) is 0 Å². The maximum Gasteiger partial charge on any atom is 0.328 e. The Hall–Kier alpha value is -3.83. The van der Waals surface area contributed by atoms with Crippen LogP contribution < -0.4 is 32.3 Å². The van der Waals surface area contributed by atoms with E-state index in [0.717, 1.165) is 0 Å². The third kappa shape index (κ3) is 15.5. The zero-order valence-corrected chi connectivity index (χ0v) is 31.3. The van der Waals surface area contributed by atoms with Gasteiger partial charge in [0.05, 0.1) is 38.3 Å². The summed E-state index contributed by atoms with van der Waals surface area (Å²) < 4.78 is 4.89. The van der Waals surface area contributed by atoms with E-state index < -0.39 is 90.9 Å². The molecule has 0 aliphatic carbocycles. The van der Waals surface area contributed by atoms with Crippen molar-refractivity contribution >= 4 is 41.4 Å². The normalized spacial score (nSPS) is 18.8. The third-order valence-corrected chi connectivity index (χ3v) is 8.83. The zero-order chi connectivity index (χ0) is 39.0. The molecule has 8 atom stereocenters. The lowest BCUT2D eigenvalue weighted by Crippen LogP contribution is -2.59. The number of likely N-dealkylation sites (tertiary alicyclic amines) is 1. The van der Waals surface area contributed by atoms with Gasteiger partial charge in [-0.05, 0) is 50.0 Å². The number of esters is 1. The maximum absolute atomic E-state index is 13.6. The van der Waals surface area contributed by atoms with Gasteiger partial charge in [-0.3, -0.25) is 33.7 Å². The Morgan fingerprint density at radius 2 is 1.41 bits per heavy atom. The lowest BCUT2D eigenvalue weighted by atomic mass is 9.97. The van der Waals surface area contributed by atoms with E-state index >= 15 is 0 Å². The molecule has 0 aromatic rings. The number of hydrogen-bond acceptors (Lipinski definition) is 11. The largest absolute Gasteiger partial charge is 0.467 e. The van der Waals surface area contributed by atoms with Crippen LogP contribution in [0.5, 0.6) is 0 Å². The van der Waals surface area contributed by atoms with E-state index in [1.807, 2.05) is 27.7 Å². The molecule has 51 heavy (non-hydrogen) atoms. The summed E-state index contributed by atoms with van der Waals surface area (Å²) in [6.07, 6.45) is 0.487. The molecule has 6 amide bonds. The number of methoxy groups -OCH3 is 1. The number of primary amides is 1. The molecule has 1 saturated heterocycles. The second kappa shape index (κ2) is 22.2. The minimum Gasteiger partial charge on any atom is -0.467 e. The molecular weight excluding hydrogens is 666 g/mol. The number of nitrogens with one attached hydrogen (secondary N) is 5. The number of β-amino-alcohol motifs (C(OH)–C–C–N with tert-alkyl or cyclic N) is 1. The van der Waals surface area contributed by atoms with Gasteiger partial charge in [0, 0.05) is 13.5 Å². The van der Waals surface area contributed by atoms with E-state index in [1.165, 1.54) is 14.0 Å². The average Bonchev–Trinajstić information content (AvgIpc) is 3.51. The summed E-state index contributed by atoms with van der Waals surface area (Å²) in [7, 11) is 1.26. The van der Waals surface area contributed by atoms with Gasteiger partial charge in [-0.15, -0.1) is 0 Å². The minimum absolute atomic E-state index is 0.00290. The van der Waals surface area contributed by atoms with Crippen LogP contribution in [0.4, 0.5) is 0 Å². The van der Waals surface area contributed by atoms with Gasteiger partial charge in [0.25, 0.3) is 0 Å². The van der Waals surface area contributed by atoms with Crippen LogP contribution in [0, 0.1) is 17.8 Å². The number of carbonyl (C=O) groups excluding carboxylic acids is 7. The topological polar surface area (TPSA) is 259 Å². The number of nitrogens with two attached hydrogens (primary N) is 1. The Bertz CT molecular complexity index is 1200. The molecular formula is C34H61N7O10. The van der Waals surface area contributed by atoms with Crippen molar-refractivity contribution in [1.29, 1.82) is 0 Å². The number of aliphatic hydroxyl groups excluding tert-OH is 2. The van der Waals surface area contributed by atoms with Gasteiger partial charge in [0.15, 0.2) is 0 Å². The second-order valence-corrected chi connectivity index (χ2v) is 14.2. The highest BCUT2D eigenvalue weighted by molar-refractivity contribution is 5.95. The molecule has 0 bridgehead atoms. The van der Waals surface area contributed by atoms with E-state index in [4.69, 9.17) is 10.5 Å². The van der Waals surface area contributed by atoms with Crippen molar-refractivity contribution in [2.45, 2.75) is 129 Å². The molecule has 0 unspecified atom stereocenters. The molecule has 1 aliphatic heterocycles. The second-order valence-electron chi connectivity index (χ2n) is 14.2. The predicted octanol–water partition coefficient (Wildman–Crippen LogP) is -1.57. The number of aliphatic hydroxyl groups is 2. The van der Waals surface area contributed by atoms with Crippen LogP contribution in [-0.2, 0) is 38.3 Å². The van der Waals surface area contributed by atoms with E-state index in [-0.39, 0.29) is 36.6 Å². The number of nitrogens with zero attached hydrogens (tertiary/aromatic N) is 1. The Labute approximate surface area is 300 Å². The summed E-state index contributed by atoms with van der Waals surface area (Å²) in [5.41, 5.74) is 5.43. The molecule has 1 fully saturated rings. The lowest BCUT2D eigenvalue weighted by Gasteiger charge is -2.33. The van der Waals surface area contributed by atoms with Crippen LogP contribution >= 0.6 is 0 Å². The van der Waals surface area contributed by atoms with E-state index in [9.17, 15) is 43.8 Å². The van der Waals surface area contributed by atoms with Crippen molar-refractivity contribution in [2.24, 2.45) is 23.5 Å². The van der Waals surface area contributed by atoms with Gasteiger partial charge in [0.2, 0.25) is 35.4 Å². The van der Waals surface area contributed by atoms with Gasteiger partial charge >= 0.3 is 5.97 Å². The molecule has 0 radical (unpaired) electrons. The fourth-order valence-electron chi connectivity index (χ4n) is 5.96. The van der Waals surface area contributed by atoms with Crippen LogP contribution in [0.3, 0.4) is 0 Å². The predicted molar refractivity (Wildman–Crippen MR) is 187 cm³/mol. The Morgan fingerprint density at radius 3 is 1.92 bits per heavy atom. The van der Waals surface area contributed by atoms with E-state index in [2.05, 4.69) is 26.6 Å². The molecule has 9 N–H and O–H groups in total. The van der Waals surface area contributed by atoms with E-state index in [1.54, 1.807) is 18.7 Å². The van der Waals surface area contributed by atoms with Gasteiger partial charge in [-0.1, -0.05) is 48.0 Å². The van der Waals surface area contributed by atoms with Crippen LogP contribution in [0.25, 0.3) is 0 Å². The summed E-state index contributed by atoms with van der Waals surface area (Å²) >= 11 is 0.